The summed E-state index contributed by atoms with van der Waals surface area (Å²) in [5.41, 5.74) is 9.91. The third-order valence-electron chi connectivity index (χ3n) is 6.61. The van der Waals surface area contributed by atoms with Crippen LogP contribution >= 0.6 is 0 Å². The van der Waals surface area contributed by atoms with Crippen LogP contribution in [0.2, 0.25) is 0 Å². The molecule has 0 saturated heterocycles. The van der Waals surface area contributed by atoms with Crippen LogP contribution in [0.3, 0.4) is 0 Å². The monoisotopic (exact) mass is 409 g/mol. The molecule has 0 unspecified atom stereocenters. The Labute approximate surface area is 187 Å². The quantitative estimate of drug-likeness (QED) is 0.303. The van der Waals surface area contributed by atoms with Crippen molar-refractivity contribution < 1.29 is 0 Å². The highest BCUT2D eigenvalue weighted by Crippen LogP contribution is 2.38. The molecule has 0 aliphatic rings. The minimum absolute atomic E-state index is 0.780. The van der Waals surface area contributed by atoms with Crippen LogP contribution in [-0.2, 0) is 5.54 Å². The standard InChI is InChI=1S/C31H23N/c32-31(28-16-13-22-7-1-4-10-25(22)19-28,29-17-14-23-8-2-5-11-26(23)20-29)30-18-15-24-9-3-6-12-27(24)21-30/h1-21H,32H2. The van der Waals surface area contributed by atoms with Gasteiger partial charge in [-0.2, -0.15) is 0 Å². The molecule has 6 aromatic carbocycles. The Morgan fingerprint density at radius 1 is 0.344 bits per heavy atom. The first-order chi connectivity index (χ1) is 15.7. The Hall–Kier alpha value is -3.94. The number of hydrogen-bond donors (Lipinski definition) is 1. The molecular weight excluding hydrogens is 386 g/mol. The molecular formula is C31H23N. The lowest BCUT2D eigenvalue weighted by Crippen LogP contribution is -2.39. The molecule has 0 bridgehead atoms. The van der Waals surface area contributed by atoms with Crippen LogP contribution in [-0.4, -0.2) is 0 Å². The summed E-state index contributed by atoms with van der Waals surface area (Å²) in [6, 6.07) is 45.1. The second kappa shape index (κ2) is 7.33. The summed E-state index contributed by atoms with van der Waals surface area (Å²) in [5, 5.41) is 7.24. The second-order valence-electron chi connectivity index (χ2n) is 8.49. The molecule has 0 atom stereocenters. The molecule has 1 nitrogen and oxygen atoms in total. The van der Waals surface area contributed by atoms with Crippen LogP contribution in [0.25, 0.3) is 32.3 Å². The average Bonchev–Trinajstić information content (AvgIpc) is 2.87. The van der Waals surface area contributed by atoms with Crippen LogP contribution in [0, 0.1) is 0 Å². The zero-order valence-corrected chi connectivity index (χ0v) is 17.7. The normalized spacial score (nSPS) is 11.9. The first-order valence-corrected chi connectivity index (χ1v) is 11.0. The van der Waals surface area contributed by atoms with Crippen LogP contribution in [0.15, 0.2) is 127 Å². The Balaban J connectivity index is 1.65. The van der Waals surface area contributed by atoms with E-state index in [1.165, 1.54) is 32.3 Å². The van der Waals surface area contributed by atoms with Crippen LogP contribution in [0.1, 0.15) is 16.7 Å². The van der Waals surface area contributed by atoms with Crippen molar-refractivity contribution >= 4 is 32.3 Å². The number of rotatable bonds is 3. The van der Waals surface area contributed by atoms with Crippen LogP contribution < -0.4 is 5.73 Å². The first kappa shape index (κ1) is 18.8. The number of fused-ring (bicyclic) bond motifs is 3. The predicted molar refractivity (Wildman–Crippen MR) is 136 cm³/mol. The van der Waals surface area contributed by atoms with Gasteiger partial charge in [0, 0.05) is 0 Å². The lowest BCUT2D eigenvalue weighted by molar-refractivity contribution is 0.656. The molecule has 0 radical (unpaired) electrons. The van der Waals surface area contributed by atoms with E-state index >= 15 is 0 Å². The van der Waals surface area contributed by atoms with Crippen molar-refractivity contribution in [2.24, 2.45) is 5.73 Å². The molecule has 2 N–H and O–H groups in total. The molecule has 0 spiro atoms. The fourth-order valence-electron chi connectivity index (χ4n) is 4.80. The van der Waals surface area contributed by atoms with Crippen molar-refractivity contribution in [1.82, 2.24) is 0 Å². The van der Waals surface area contributed by atoms with E-state index in [2.05, 4.69) is 127 Å². The van der Waals surface area contributed by atoms with Crippen molar-refractivity contribution in [2.45, 2.75) is 5.54 Å². The van der Waals surface area contributed by atoms with Crippen molar-refractivity contribution in [2.75, 3.05) is 0 Å². The molecule has 6 aromatic rings. The van der Waals surface area contributed by atoms with Crippen molar-refractivity contribution in [1.29, 1.82) is 0 Å². The largest absolute Gasteiger partial charge is 0.314 e. The smallest absolute Gasteiger partial charge is 0.0923 e. The maximum Gasteiger partial charge on any atom is 0.0923 e. The highest BCUT2D eigenvalue weighted by atomic mass is 14.7. The van der Waals surface area contributed by atoms with Gasteiger partial charge < -0.3 is 5.73 Å². The summed E-state index contributed by atoms with van der Waals surface area (Å²) < 4.78 is 0. The second-order valence-corrected chi connectivity index (χ2v) is 8.49. The number of benzene rings is 6. The highest BCUT2D eigenvalue weighted by Gasteiger charge is 2.32. The summed E-state index contributed by atoms with van der Waals surface area (Å²) in [6.45, 7) is 0. The minimum atomic E-state index is -0.780. The van der Waals surface area contributed by atoms with Gasteiger partial charge >= 0.3 is 0 Å². The molecule has 6 rings (SSSR count). The third-order valence-corrected chi connectivity index (χ3v) is 6.61. The summed E-state index contributed by atoms with van der Waals surface area (Å²) >= 11 is 0. The molecule has 1 heteroatoms. The fraction of sp³-hybridized carbons (Fsp3) is 0.0323. The van der Waals surface area contributed by atoms with Gasteiger partial charge in [0.25, 0.3) is 0 Å². The van der Waals surface area contributed by atoms with Gasteiger partial charge in [-0.1, -0.05) is 109 Å². The van der Waals surface area contributed by atoms with Gasteiger partial charge in [-0.15, -0.1) is 0 Å². The van der Waals surface area contributed by atoms with E-state index in [0.717, 1.165) is 16.7 Å². The van der Waals surface area contributed by atoms with E-state index in [1.807, 2.05) is 0 Å². The van der Waals surface area contributed by atoms with Crippen molar-refractivity contribution in [3.05, 3.63) is 144 Å². The van der Waals surface area contributed by atoms with Crippen molar-refractivity contribution in [3.8, 4) is 0 Å². The van der Waals surface area contributed by atoms with Gasteiger partial charge in [0.15, 0.2) is 0 Å². The van der Waals surface area contributed by atoms with Gasteiger partial charge in [-0.05, 0) is 67.2 Å². The van der Waals surface area contributed by atoms with Gasteiger partial charge in [-0.3, -0.25) is 0 Å². The molecule has 0 aliphatic carbocycles. The molecule has 32 heavy (non-hydrogen) atoms. The molecule has 152 valence electrons. The topological polar surface area (TPSA) is 26.0 Å². The Morgan fingerprint density at radius 3 is 0.938 bits per heavy atom. The van der Waals surface area contributed by atoms with Crippen molar-refractivity contribution in [3.63, 3.8) is 0 Å². The highest BCUT2D eigenvalue weighted by molar-refractivity contribution is 5.87. The van der Waals surface area contributed by atoms with Gasteiger partial charge in [-0.25, -0.2) is 0 Å². The summed E-state index contributed by atoms with van der Waals surface area (Å²) in [4.78, 5) is 0. The number of nitrogens with two attached hydrogens (primary N) is 1. The van der Waals surface area contributed by atoms with E-state index < -0.39 is 5.54 Å². The van der Waals surface area contributed by atoms with Gasteiger partial charge in [0.2, 0.25) is 0 Å². The average molecular weight is 410 g/mol. The fourth-order valence-corrected chi connectivity index (χ4v) is 4.80. The predicted octanol–water partition coefficient (Wildman–Crippen LogP) is 7.40. The van der Waals surface area contributed by atoms with Crippen LogP contribution in [0.4, 0.5) is 0 Å². The molecule has 0 saturated carbocycles. The maximum absolute atomic E-state index is 7.44. The Morgan fingerprint density at radius 2 is 0.625 bits per heavy atom. The lowest BCUT2D eigenvalue weighted by atomic mass is 9.76. The van der Waals surface area contributed by atoms with Gasteiger partial charge in [0.1, 0.15) is 0 Å². The molecule has 0 aliphatic heterocycles. The summed E-state index contributed by atoms with van der Waals surface area (Å²) in [7, 11) is 0. The molecule has 0 fully saturated rings. The number of hydrogen-bond acceptors (Lipinski definition) is 1. The summed E-state index contributed by atoms with van der Waals surface area (Å²) in [6.07, 6.45) is 0. The zero-order chi connectivity index (χ0) is 21.5. The van der Waals surface area contributed by atoms with E-state index in [4.69, 9.17) is 5.73 Å². The van der Waals surface area contributed by atoms with E-state index in [-0.39, 0.29) is 0 Å². The van der Waals surface area contributed by atoms with E-state index in [1.54, 1.807) is 0 Å². The third kappa shape index (κ3) is 2.98. The zero-order valence-electron chi connectivity index (χ0n) is 17.7. The maximum atomic E-state index is 7.44. The Bertz CT molecular complexity index is 1400. The molecule has 0 amide bonds. The Kier molecular flexibility index (Phi) is 4.31. The van der Waals surface area contributed by atoms with Gasteiger partial charge in [0.05, 0.1) is 5.54 Å². The van der Waals surface area contributed by atoms with E-state index in [9.17, 15) is 0 Å². The molecule has 0 heterocycles. The first-order valence-electron chi connectivity index (χ1n) is 11.0. The molecule has 0 aromatic heterocycles. The SMILES string of the molecule is NC(c1ccc2ccccc2c1)(c1ccc2ccccc2c1)c1ccc2ccccc2c1. The minimum Gasteiger partial charge on any atom is -0.314 e. The lowest BCUT2D eigenvalue weighted by Gasteiger charge is -2.32. The van der Waals surface area contributed by atoms with Crippen LogP contribution in [0.5, 0.6) is 0 Å². The summed E-state index contributed by atoms with van der Waals surface area (Å²) in [5.74, 6) is 0. The van der Waals surface area contributed by atoms with E-state index in [0.29, 0.717) is 0 Å².